The topological polar surface area (TPSA) is 55.6 Å². The molecule has 0 aliphatic carbocycles. The average molecular weight is 330 g/mol. The van der Waals surface area contributed by atoms with Crippen LogP contribution in [0, 0.1) is 5.82 Å². The molecule has 0 saturated carbocycles. The zero-order valence-electron chi connectivity index (χ0n) is 11.9. The summed E-state index contributed by atoms with van der Waals surface area (Å²) in [6, 6.07) is 5.09. The highest BCUT2D eigenvalue weighted by atomic mass is 35.5. The first-order valence-electron chi connectivity index (χ1n) is 6.62. The number of benzene rings is 1. The standard InChI is InChI=1S/C13H17ClFN5S/c1-9(2)16-5-6-20-13(17-18-19-20)21-8-10-3-4-11(14)7-12(10)15/h3-4,7,9,16H,5-6,8H2,1-2H3. The summed E-state index contributed by atoms with van der Waals surface area (Å²) in [7, 11) is 0. The first-order valence-corrected chi connectivity index (χ1v) is 7.99. The number of nitrogens with one attached hydrogen (secondary N) is 1. The van der Waals surface area contributed by atoms with Crippen LogP contribution in [0.2, 0.25) is 5.02 Å². The fourth-order valence-electron chi connectivity index (χ4n) is 1.68. The first-order chi connectivity index (χ1) is 10.1. The van der Waals surface area contributed by atoms with Crippen LogP contribution >= 0.6 is 23.4 Å². The van der Waals surface area contributed by atoms with Crippen LogP contribution in [0.3, 0.4) is 0 Å². The van der Waals surface area contributed by atoms with Crippen LogP contribution in [0.4, 0.5) is 4.39 Å². The van der Waals surface area contributed by atoms with Gasteiger partial charge in [0, 0.05) is 23.4 Å². The van der Waals surface area contributed by atoms with Crippen LogP contribution in [-0.2, 0) is 12.3 Å². The van der Waals surface area contributed by atoms with E-state index in [4.69, 9.17) is 11.6 Å². The Bertz CT molecular complexity index is 590. The maximum Gasteiger partial charge on any atom is 0.209 e. The summed E-state index contributed by atoms with van der Waals surface area (Å²) in [5.74, 6) is 0.150. The van der Waals surface area contributed by atoms with Crippen molar-refractivity contribution in [3.63, 3.8) is 0 Å². The van der Waals surface area contributed by atoms with Crippen molar-refractivity contribution in [1.82, 2.24) is 25.5 Å². The van der Waals surface area contributed by atoms with E-state index in [0.29, 0.717) is 34.1 Å². The third-order valence-electron chi connectivity index (χ3n) is 2.75. The third kappa shape index (κ3) is 4.94. The van der Waals surface area contributed by atoms with Crippen LogP contribution in [0.25, 0.3) is 0 Å². The zero-order valence-corrected chi connectivity index (χ0v) is 13.5. The molecule has 1 N–H and O–H groups in total. The Morgan fingerprint density at radius 1 is 1.43 bits per heavy atom. The second-order valence-corrected chi connectivity index (χ2v) is 6.20. The molecule has 0 aliphatic heterocycles. The Kier molecular flexibility index (Phi) is 5.96. The van der Waals surface area contributed by atoms with Gasteiger partial charge < -0.3 is 5.32 Å². The highest BCUT2D eigenvalue weighted by molar-refractivity contribution is 7.98. The predicted octanol–water partition coefficient (Wildman–Crippen LogP) is 2.76. The van der Waals surface area contributed by atoms with E-state index in [1.54, 1.807) is 16.8 Å². The molecule has 0 aliphatic rings. The Morgan fingerprint density at radius 2 is 2.24 bits per heavy atom. The molecule has 0 fully saturated rings. The molecule has 0 unspecified atom stereocenters. The lowest BCUT2D eigenvalue weighted by atomic mass is 10.2. The molecule has 8 heteroatoms. The lowest BCUT2D eigenvalue weighted by Gasteiger charge is -2.08. The average Bonchev–Trinajstić information content (AvgIpc) is 2.85. The van der Waals surface area contributed by atoms with E-state index >= 15 is 0 Å². The van der Waals surface area contributed by atoms with Crippen molar-refractivity contribution in [2.75, 3.05) is 6.54 Å². The summed E-state index contributed by atoms with van der Waals surface area (Å²) >= 11 is 7.14. The van der Waals surface area contributed by atoms with Gasteiger partial charge >= 0.3 is 0 Å². The van der Waals surface area contributed by atoms with E-state index < -0.39 is 0 Å². The highest BCUT2D eigenvalue weighted by Crippen LogP contribution is 2.23. The molecule has 0 amide bonds. The van der Waals surface area contributed by atoms with Gasteiger partial charge in [0.05, 0.1) is 6.54 Å². The van der Waals surface area contributed by atoms with E-state index in [0.717, 1.165) is 6.54 Å². The summed E-state index contributed by atoms with van der Waals surface area (Å²) in [4.78, 5) is 0. The number of aromatic nitrogens is 4. The van der Waals surface area contributed by atoms with Gasteiger partial charge in [-0.2, -0.15) is 0 Å². The van der Waals surface area contributed by atoms with Gasteiger partial charge in [0.2, 0.25) is 5.16 Å². The monoisotopic (exact) mass is 329 g/mol. The summed E-state index contributed by atoms with van der Waals surface area (Å²) < 4.78 is 15.4. The van der Waals surface area contributed by atoms with E-state index in [1.165, 1.54) is 17.8 Å². The predicted molar refractivity (Wildman–Crippen MR) is 81.9 cm³/mol. The molecule has 0 bridgehead atoms. The lowest BCUT2D eigenvalue weighted by Crippen LogP contribution is -2.27. The minimum Gasteiger partial charge on any atom is -0.313 e. The lowest BCUT2D eigenvalue weighted by molar-refractivity contribution is 0.485. The quantitative estimate of drug-likeness (QED) is 0.792. The normalized spacial score (nSPS) is 11.3. The smallest absolute Gasteiger partial charge is 0.209 e. The summed E-state index contributed by atoms with van der Waals surface area (Å²) in [6.45, 7) is 5.62. The van der Waals surface area contributed by atoms with Gasteiger partial charge in [-0.25, -0.2) is 9.07 Å². The van der Waals surface area contributed by atoms with Crippen LogP contribution in [0.1, 0.15) is 19.4 Å². The molecule has 0 saturated heterocycles. The van der Waals surface area contributed by atoms with Gasteiger partial charge in [-0.3, -0.25) is 0 Å². The maximum atomic E-state index is 13.7. The van der Waals surface area contributed by atoms with Gasteiger partial charge in [0.1, 0.15) is 5.82 Å². The van der Waals surface area contributed by atoms with E-state index in [1.807, 2.05) is 0 Å². The fraction of sp³-hybridized carbons (Fsp3) is 0.462. The van der Waals surface area contributed by atoms with Gasteiger partial charge in [-0.05, 0) is 28.1 Å². The Balaban J connectivity index is 1.92. The van der Waals surface area contributed by atoms with E-state index in [2.05, 4.69) is 34.7 Å². The van der Waals surface area contributed by atoms with Crippen LogP contribution in [0.15, 0.2) is 23.4 Å². The minimum absolute atomic E-state index is 0.310. The molecular weight excluding hydrogens is 313 g/mol. The number of hydrogen-bond donors (Lipinski definition) is 1. The molecule has 1 heterocycles. The molecule has 0 spiro atoms. The minimum atomic E-state index is -0.310. The Labute approximate surface area is 132 Å². The van der Waals surface area contributed by atoms with Crippen molar-refractivity contribution in [2.24, 2.45) is 0 Å². The molecule has 114 valence electrons. The zero-order chi connectivity index (χ0) is 15.2. The molecule has 0 atom stereocenters. The van der Waals surface area contributed by atoms with Crippen molar-refractivity contribution >= 4 is 23.4 Å². The number of rotatable bonds is 7. The molecule has 2 rings (SSSR count). The van der Waals surface area contributed by atoms with Crippen molar-refractivity contribution in [1.29, 1.82) is 0 Å². The van der Waals surface area contributed by atoms with Crippen LogP contribution in [-0.4, -0.2) is 32.8 Å². The molecule has 1 aromatic heterocycles. The largest absolute Gasteiger partial charge is 0.313 e. The number of tetrazole rings is 1. The molecule has 2 aromatic rings. The molecule has 21 heavy (non-hydrogen) atoms. The van der Waals surface area contributed by atoms with Crippen molar-refractivity contribution in [3.8, 4) is 0 Å². The molecular formula is C13H17ClFN5S. The van der Waals surface area contributed by atoms with Crippen molar-refractivity contribution < 1.29 is 4.39 Å². The second-order valence-electron chi connectivity index (χ2n) is 4.82. The Hall–Kier alpha value is -1.18. The van der Waals surface area contributed by atoms with Gasteiger partial charge in [-0.15, -0.1) is 5.10 Å². The van der Waals surface area contributed by atoms with Crippen LogP contribution < -0.4 is 5.32 Å². The third-order valence-corrected chi connectivity index (χ3v) is 3.99. The highest BCUT2D eigenvalue weighted by Gasteiger charge is 2.09. The van der Waals surface area contributed by atoms with E-state index in [-0.39, 0.29) is 5.82 Å². The van der Waals surface area contributed by atoms with Crippen LogP contribution in [0.5, 0.6) is 0 Å². The number of halogens is 2. The maximum absolute atomic E-state index is 13.7. The molecule has 1 aromatic carbocycles. The molecule has 0 radical (unpaired) electrons. The molecule has 5 nitrogen and oxygen atoms in total. The van der Waals surface area contributed by atoms with Gasteiger partial charge in [0.15, 0.2) is 0 Å². The van der Waals surface area contributed by atoms with Crippen molar-refractivity contribution in [2.45, 2.75) is 37.3 Å². The van der Waals surface area contributed by atoms with E-state index in [9.17, 15) is 4.39 Å². The summed E-state index contributed by atoms with van der Waals surface area (Å²) in [5.41, 5.74) is 0.583. The Morgan fingerprint density at radius 3 is 2.95 bits per heavy atom. The number of hydrogen-bond acceptors (Lipinski definition) is 5. The van der Waals surface area contributed by atoms with Crippen molar-refractivity contribution in [3.05, 3.63) is 34.6 Å². The fourth-order valence-corrected chi connectivity index (χ4v) is 2.73. The summed E-state index contributed by atoms with van der Waals surface area (Å²) in [6.07, 6.45) is 0. The number of thioether (sulfide) groups is 1. The van der Waals surface area contributed by atoms with Gasteiger partial charge in [-0.1, -0.05) is 43.3 Å². The second kappa shape index (κ2) is 7.72. The first kappa shape index (κ1) is 16.2. The summed E-state index contributed by atoms with van der Waals surface area (Å²) in [5, 5.41) is 15.9. The SMILES string of the molecule is CC(C)NCCn1nnnc1SCc1ccc(Cl)cc1F. The van der Waals surface area contributed by atoms with Gasteiger partial charge in [0.25, 0.3) is 0 Å². The number of nitrogens with zero attached hydrogens (tertiary/aromatic N) is 4.